The predicted octanol–water partition coefficient (Wildman–Crippen LogP) is 11.2. The molecule has 1 N–H and O–H groups in total. The summed E-state index contributed by atoms with van der Waals surface area (Å²) in [5.41, 5.74) is 8.43. The average molecular weight is 587 g/mol. The van der Waals surface area contributed by atoms with Gasteiger partial charge in [0.1, 0.15) is 0 Å². The number of hydrogen-bond donors (Lipinski definition) is 1. The van der Waals surface area contributed by atoms with Crippen LogP contribution in [0.4, 0.5) is 0 Å². The lowest BCUT2D eigenvalue weighted by molar-refractivity contribution is 0.395. The van der Waals surface area contributed by atoms with Crippen molar-refractivity contribution in [3.8, 4) is 0 Å². The third-order valence-corrected chi connectivity index (χ3v) is 7.65. The third-order valence-electron chi connectivity index (χ3n) is 7.65. The quantitative estimate of drug-likeness (QED) is 0.241. The molecular formula is C39H62N4. The Morgan fingerprint density at radius 1 is 0.605 bits per heavy atom. The van der Waals surface area contributed by atoms with E-state index in [4.69, 9.17) is 0 Å². The highest BCUT2D eigenvalue weighted by molar-refractivity contribution is 5.81. The zero-order chi connectivity index (χ0) is 33.2. The van der Waals surface area contributed by atoms with Crippen LogP contribution in [0.15, 0.2) is 55.1 Å². The Kier molecular flexibility index (Phi) is 11.0. The van der Waals surface area contributed by atoms with Crippen LogP contribution in [-0.4, -0.2) is 19.5 Å². The fourth-order valence-electron chi connectivity index (χ4n) is 4.29. The van der Waals surface area contributed by atoms with Gasteiger partial charge in [0, 0.05) is 45.7 Å². The van der Waals surface area contributed by atoms with Gasteiger partial charge in [-0.05, 0) is 78.3 Å². The summed E-state index contributed by atoms with van der Waals surface area (Å²) >= 11 is 0. The fourth-order valence-corrected chi connectivity index (χ4v) is 4.29. The van der Waals surface area contributed by atoms with Gasteiger partial charge in [0.15, 0.2) is 0 Å². The molecule has 0 aliphatic heterocycles. The Hall–Kier alpha value is -2.88. The van der Waals surface area contributed by atoms with E-state index in [2.05, 4.69) is 180 Å². The first-order valence-electron chi connectivity index (χ1n) is 16.0. The summed E-state index contributed by atoms with van der Waals surface area (Å²) in [6.07, 6.45) is 6.06. The first kappa shape index (κ1) is 36.3. The van der Waals surface area contributed by atoms with E-state index in [9.17, 15) is 0 Å². The molecule has 0 bridgehead atoms. The van der Waals surface area contributed by atoms with Gasteiger partial charge in [0.05, 0.1) is 12.0 Å². The largest absolute Gasteiger partial charge is 0.358 e. The van der Waals surface area contributed by atoms with E-state index in [0.29, 0.717) is 5.92 Å². The highest BCUT2D eigenvalue weighted by atomic mass is 15.1. The highest BCUT2D eigenvalue weighted by Crippen LogP contribution is 2.28. The first-order valence-corrected chi connectivity index (χ1v) is 16.0. The van der Waals surface area contributed by atoms with Crippen LogP contribution < -0.4 is 0 Å². The van der Waals surface area contributed by atoms with E-state index < -0.39 is 0 Å². The summed E-state index contributed by atoms with van der Waals surface area (Å²) in [5.74, 6) is 0.561. The molecule has 0 saturated heterocycles. The number of benzene rings is 1. The topological polar surface area (TPSA) is 46.5 Å². The Labute approximate surface area is 264 Å². The molecule has 0 spiro atoms. The molecule has 4 aromatic rings. The van der Waals surface area contributed by atoms with Gasteiger partial charge >= 0.3 is 0 Å². The lowest BCUT2D eigenvalue weighted by Gasteiger charge is -2.22. The summed E-state index contributed by atoms with van der Waals surface area (Å²) in [5, 5.41) is 1.33. The maximum Gasteiger partial charge on any atom is 0.0954 e. The Balaban J connectivity index is 0.000000227. The molecule has 0 radical (unpaired) electrons. The van der Waals surface area contributed by atoms with Crippen molar-refractivity contribution >= 4 is 10.9 Å². The molecule has 0 aliphatic carbocycles. The van der Waals surface area contributed by atoms with E-state index in [0.717, 1.165) is 11.4 Å². The van der Waals surface area contributed by atoms with Crippen molar-refractivity contribution < 1.29 is 0 Å². The van der Waals surface area contributed by atoms with E-state index in [1.807, 2.05) is 12.5 Å². The summed E-state index contributed by atoms with van der Waals surface area (Å²) in [6, 6.07) is 13.3. The van der Waals surface area contributed by atoms with Gasteiger partial charge in [-0.15, -0.1) is 0 Å². The normalized spacial score (nSPS) is 13.0. The van der Waals surface area contributed by atoms with Crippen LogP contribution in [0.25, 0.3) is 10.9 Å². The standard InChI is InChI=1S/C15H21N.C13H21N.C11H20N2/c1-10(2)14-9-11-8-12(15(3,4)5)6-7-13(11)16-14;1-12(2,3)10-7-8-11(14-9-10)13(4,5)6;1-10(2,3)9-7-13(8-12-9)11(4,5)6/h6-10,16H,1-5H3;7-9H,1-6H3;7-8H,1-6H3. The van der Waals surface area contributed by atoms with Gasteiger partial charge in [-0.3, -0.25) is 4.98 Å². The number of fused-ring (bicyclic) bond motifs is 1. The van der Waals surface area contributed by atoms with Crippen LogP contribution in [0.2, 0.25) is 0 Å². The number of aromatic nitrogens is 4. The van der Waals surface area contributed by atoms with Gasteiger partial charge in [-0.1, -0.05) is 109 Å². The zero-order valence-electron chi connectivity index (χ0n) is 30.6. The van der Waals surface area contributed by atoms with Gasteiger partial charge < -0.3 is 9.55 Å². The van der Waals surface area contributed by atoms with Crippen LogP contribution in [0.5, 0.6) is 0 Å². The number of hydrogen-bond acceptors (Lipinski definition) is 2. The summed E-state index contributed by atoms with van der Waals surface area (Å²) in [6.45, 7) is 37.5. The molecule has 4 rings (SSSR count). The number of aromatic amines is 1. The Morgan fingerprint density at radius 2 is 1.14 bits per heavy atom. The van der Waals surface area contributed by atoms with Gasteiger partial charge in [-0.25, -0.2) is 4.98 Å². The SMILES string of the molecule is CC(C)(C)c1ccc(C(C)(C)C)nc1.CC(C)(C)c1cn(C(C)(C)C)cn1.CC(C)c1cc2cc(C(C)(C)C)ccc2[nH]1. The Morgan fingerprint density at radius 3 is 1.51 bits per heavy atom. The molecule has 3 heterocycles. The molecule has 0 aliphatic rings. The first-order chi connectivity index (χ1) is 19.3. The summed E-state index contributed by atoms with van der Waals surface area (Å²) in [4.78, 5) is 12.4. The van der Waals surface area contributed by atoms with Crippen LogP contribution >= 0.6 is 0 Å². The van der Waals surface area contributed by atoms with Crippen LogP contribution in [0, 0.1) is 0 Å². The predicted molar refractivity (Wildman–Crippen MR) is 189 cm³/mol. The zero-order valence-corrected chi connectivity index (χ0v) is 30.6. The van der Waals surface area contributed by atoms with Crippen molar-refractivity contribution in [1.29, 1.82) is 0 Å². The number of imidazole rings is 1. The van der Waals surface area contributed by atoms with Gasteiger partial charge in [0.25, 0.3) is 0 Å². The second kappa shape index (κ2) is 13.0. The smallest absolute Gasteiger partial charge is 0.0954 e. The minimum Gasteiger partial charge on any atom is -0.358 e. The van der Waals surface area contributed by atoms with E-state index >= 15 is 0 Å². The van der Waals surface area contributed by atoms with Crippen molar-refractivity contribution in [3.05, 3.63) is 83.3 Å². The minimum atomic E-state index is 0.135. The molecule has 3 aromatic heterocycles. The molecule has 1 aromatic carbocycles. The van der Waals surface area contributed by atoms with Crippen LogP contribution in [0.3, 0.4) is 0 Å². The monoisotopic (exact) mass is 586 g/mol. The van der Waals surface area contributed by atoms with E-state index in [-0.39, 0.29) is 27.2 Å². The van der Waals surface area contributed by atoms with Crippen molar-refractivity contribution in [2.24, 2.45) is 0 Å². The summed E-state index contributed by atoms with van der Waals surface area (Å²) in [7, 11) is 0. The number of nitrogens with zero attached hydrogens (tertiary/aromatic N) is 3. The number of pyridine rings is 1. The highest BCUT2D eigenvalue weighted by Gasteiger charge is 2.20. The third kappa shape index (κ3) is 10.7. The molecule has 4 heteroatoms. The number of nitrogens with one attached hydrogen (secondary N) is 1. The minimum absolute atomic E-state index is 0.135. The Bertz CT molecular complexity index is 1370. The maximum absolute atomic E-state index is 4.52. The lowest BCUT2D eigenvalue weighted by Crippen LogP contribution is -2.20. The molecule has 0 amide bonds. The molecule has 0 saturated carbocycles. The van der Waals surface area contributed by atoms with E-state index in [1.54, 1.807) is 0 Å². The molecule has 238 valence electrons. The number of H-pyrrole nitrogens is 1. The molecular weight excluding hydrogens is 524 g/mol. The summed E-state index contributed by atoms with van der Waals surface area (Å²) < 4.78 is 2.16. The van der Waals surface area contributed by atoms with E-state index in [1.165, 1.54) is 27.7 Å². The van der Waals surface area contributed by atoms with Crippen molar-refractivity contribution in [3.63, 3.8) is 0 Å². The van der Waals surface area contributed by atoms with Crippen molar-refractivity contribution in [2.75, 3.05) is 0 Å². The van der Waals surface area contributed by atoms with Gasteiger partial charge in [-0.2, -0.15) is 0 Å². The number of rotatable bonds is 1. The molecule has 4 nitrogen and oxygen atoms in total. The lowest BCUT2D eigenvalue weighted by atomic mass is 9.86. The average Bonchev–Trinajstić information content (AvgIpc) is 3.51. The second-order valence-electron chi connectivity index (χ2n) is 17.5. The van der Waals surface area contributed by atoms with Crippen molar-refractivity contribution in [2.45, 2.75) is 151 Å². The molecule has 0 unspecified atom stereocenters. The second-order valence-corrected chi connectivity index (χ2v) is 17.5. The molecule has 43 heavy (non-hydrogen) atoms. The van der Waals surface area contributed by atoms with Crippen LogP contribution in [-0.2, 0) is 27.2 Å². The maximum atomic E-state index is 4.52. The molecule has 0 fully saturated rings. The molecule has 0 atom stereocenters. The van der Waals surface area contributed by atoms with Gasteiger partial charge in [0.2, 0.25) is 0 Å². The van der Waals surface area contributed by atoms with Crippen molar-refractivity contribution in [1.82, 2.24) is 19.5 Å². The fraction of sp³-hybridized carbons (Fsp3) is 0.590. The van der Waals surface area contributed by atoms with Crippen LogP contribution in [0.1, 0.15) is 152 Å².